The van der Waals surface area contributed by atoms with Gasteiger partial charge < -0.3 is 16.4 Å². The molecule has 0 unspecified atom stereocenters. The molecule has 2 aromatic carbocycles. The summed E-state index contributed by atoms with van der Waals surface area (Å²) >= 11 is 0. The molecule has 0 aliphatic carbocycles. The number of urea groups is 1. The Morgan fingerprint density at radius 2 is 1.55 bits per heavy atom. The number of aryl methyl sites for hydroxylation is 1. The van der Waals surface area contributed by atoms with Crippen LogP contribution in [0, 0.1) is 0 Å². The van der Waals surface area contributed by atoms with Crippen molar-refractivity contribution >= 4 is 17.6 Å². The number of nitrogens with two attached hydrogens (primary N) is 1. The predicted molar refractivity (Wildman–Crippen MR) is 86.6 cm³/mol. The summed E-state index contributed by atoms with van der Waals surface area (Å²) < 4.78 is 0. The van der Waals surface area contributed by atoms with Gasteiger partial charge in [0.1, 0.15) is 0 Å². The van der Waals surface area contributed by atoms with Crippen molar-refractivity contribution in [3.05, 3.63) is 65.2 Å². The highest BCUT2D eigenvalue weighted by Gasteiger charge is 2.06. The van der Waals surface area contributed by atoms with Gasteiger partial charge in [0.2, 0.25) is 0 Å². The number of primary amides is 1. The number of carbonyl (C=O) groups excluding carboxylic acids is 2. The Hall–Kier alpha value is -2.82. The predicted octanol–water partition coefficient (Wildman–Crippen LogP) is 2.67. The summed E-state index contributed by atoms with van der Waals surface area (Å²) in [5.74, 6) is -0.168. The third-order valence-corrected chi connectivity index (χ3v) is 3.30. The van der Waals surface area contributed by atoms with Crippen LogP contribution in [0.25, 0.3) is 0 Å². The Labute approximate surface area is 129 Å². The van der Waals surface area contributed by atoms with E-state index in [0.717, 1.165) is 17.7 Å². The Kier molecular flexibility index (Phi) is 5.14. The molecule has 0 spiro atoms. The van der Waals surface area contributed by atoms with Crippen LogP contribution in [0.5, 0.6) is 0 Å². The lowest BCUT2D eigenvalue weighted by molar-refractivity contribution is 0.102. The molecule has 0 heterocycles. The second kappa shape index (κ2) is 7.26. The molecule has 22 heavy (non-hydrogen) atoms. The second-order valence-electron chi connectivity index (χ2n) is 4.92. The van der Waals surface area contributed by atoms with Crippen LogP contribution < -0.4 is 16.4 Å². The van der Waals surface area contributed by atoms with Gasteiger partial charge in [0.05, 0.1) is 0 Å². The largest absolute Gasteiger partial charge is 0.352 e. The summed E-state index contributed by atoms with van der Waals surface area (Å²) in [5, 5.41) is 5.35. The third-order valence-electron chi connectivity index (χ3n) is 3.30. The molecule has 114 valence electrons. The highest BCUT2D eigenvalue weighted by Crippen LogP contribution is 2.12. The van der Waals surface area contributed by atoms with Crippen molar-refractivity contribution in [2.45, 2.75) is 19.9 Å². The highest BCUT2D eigenvalue weighted by atomic mass is 16.2. The van der Waals surface area contributed by atoms with Crippen molar-refractivity contribution in [2.75, 3.05) is 5.32 Å². The normalized spacial score (nSPS) is 10.0. The topological polar surface area (TPSA) is 84.2 Å². The lowest BCUT2D eigenvalue weighted by atomic mass is 10.1. The van der Waals surface area contributed by atoms with Gasteiger partial charge in [-0.15, -0.1) is 0 Å². The molecule has 0 aliphatic heterocycles. The van der Waals surface area contributed by atoms with Gasteiger partial charge in [0.15, 0.2) is 0 Å². The summed E-state index contributed by atoms with van der Waals surface area (Å²) in [7, 11) is 0. The summed E-state index contributed by atoms with van der Waals surface area (Å²) in [6.45, 7) is 2.43. The number of anilines is 1. The number of hydrogen-bond acceptors (Lipinski definition) is 2. The first-order valence-electron chi connectivity index (χ1n) is 7.11. The highest BCUT2D eigenvalue weighted by molar-refractivity contribution is 6.04. The SMILES string of the molecule is CCc1ccc(NC(=O)c2ccc(CNC(N)=O)cc2)cc1. The fourth-order valence-electron chi connectivity index (χ4n) is 1.99. The zero-order valence-electron chi connectivity index (χ0n) is 12.4. The van der Waals surface area contributed by atoms with Crippen molar-refractivity contribution in [3.63, 3.8) is 0 Å². The molecule has 0 saturated carbocycles. The molecule has 0 fully saturated rings. The molecule has 3 amide bonds. The minimum absolute atomic E-state index is 0.168. The monoisotopic (exact) mass is 297 g/mol. The van der Waals surface area contributed by atoms with Gasteiger partial charge in [-0.3, -0.25) is 4.79 Å². The fourth-order valence-corrected chi connectivity index (χ4v) is 1.99. The lowest BCUT2D eigenvalue weighted by Crippen LogP contribution is -2.28. The van der Waals surface area contributed by atoms with E-state index in [9.17, 15) is 9.59 Å². The number of carbonyl (C=O) groups is 2. The quantitative estimate of drug-likeness (QED) is 0.792. The number of rotatable bonds is 5. The first kappa shape index (κ1) is 15.6. The molecule has 0 bridgehead atoms. The lowest BCUT2D eigenvalue weighted by Gasteiger charge is -2.07. The van der Waals surface area contributed by atoms with E-state index in [1.54, 1.807) is 24.3 Å². The van der Waals surface area contributed by atoms with Crippen LogP contribution in [0.4, 0.5) is 10.5 Å². The van der Waals surface area contributed by atoms with Crippen LogP contribution in [-0.2, 0) is 13.0 Å². The molecular formula is C17H19N3O2. The molecule has 5 nitrogen and oxygen atoms in total. The van der Waals surface area contributed by atoms with Crippen LogP contribution in [-0.4, -0.2) is 11.9 Å². The second-order valence-corrected chi connectivity index (χ2v) is 4.92. The summed E-state index contributed by atoms with van der Waals surface area (Å²) in [4.78, 5) is 22.8. The molecule has 2 aromatic rings. The van der Waals surface area contributed by atoms with Crippen LogP contribution in [0.3, 0.4) is 0 Å². The number of nitrogens with one attached hydrogen (secondary N) is 2. The fraction of sp³-hybridized carbons (Fsp3) is 0.176. The van der Waals surface area contributed by atoms with Gasteiger partial charge in [-0.25, -0.2) is 4.79 Å². The maximum Gasteiger partial charge on any atom is 0.312 e. The maximum absolute atomic E-state index is 12.1. The minimum atomic E-state index is -0.572. The van der Waals surface area contributed by atoms with Crippen LogP contribution >= 0.6 is 0 Å². The van der Waals surface area contributed by atoms with E-state index in [0.29, 0.717) is 12.1 Å². The molecule has 0 aliphatic rings. The Morgan fingerprint density at radius 1 is 0.955 bits per heavy atom. The van der Waals surface area contributed by atoms with E-state index in [1.165, 1.54) is 5.56 Å². The van der Waals surface area contributed by atoms with Gasteiger partial charge in [-0.05, 0) is 41.8 Å². The molecule has 0 radical (unpaired) electrons. The van der Waals surface area contributed by atoms with E-state index in [1.807, 2.05) is 24.3 Å². The molecule has 0 aromatic heterocycles. The zero-order valence-corrected chi connectivity index (χ0v) is 12.4. The van der Waals surface area contributed by atoms with Gasteiger partial charge in [0.25, 0.3) is 5.91 Å². The van der Waals surface area contributed by atoms with Gasteiger partial charge in [0, 0.05) is 17.8 Å². The Balaban J connectivity index is 1.98. The summed E-state index contributed by atoms with van der Waals surface area (Å²) in [6, 6.07) is 14.2. The molecule has 4 N–H and O–H groups in total. The number of hydrogen-bond donors (Lipinski definition) is 3. The van der Waals surface area contributed by atoms with Gasteiger partial charge in [-0.1, -0.05) is 31.2 Å². The average molecular weight is 297 g/mol. The molecular weight excluding hydrogens is 278 g/mol. The molecule has 0 saturated heterocycles. The van der Waals surface area contributed by atoms with E-state index in [2.05, 4.69) is 17.6 Å². The van der Waals surface area contributed by atoms with E-state index in [4.69, 9.17) is 5.73 Å². The van der Waals surface area contributed by atoms with Crippen molar-refractivity contribution in [1.29, 1.82) is 0 Å². The van der Waals surface area contributed by atoms with Crippen molar-refractivity contribution in [1.82, 2.24) is 5.32 Å². The smallest absolute Gasteiger partial charge is 0.312 e. The Bertz CT molecular complexity index is 649. The van der Waals surface area contributed by atoms with Crippen molar-refractivity contribution in [3.8, 4) is 0 Å². The summed E-state index contributed by atoms with van der Waals surface area (Å²) in [5.41, 5.74) is 8.44. The maximum atomic E-state index is 12.1. The molecule has 5 heteroatoms. The van der Waals surface area contributed by atoms with Crippen LogP contribution in [0.15, 0.2) is 48.5 Å². The first-order chi connectivity index (χ1) is 10.6. The first-order valence-corrected chi connectivity index (χ1v) is 7.11. The Morgan fingerprint density at radius 3 is 2.09 bits per heavy atom. The number of amides is 3. The number of benzene rings is 2. The van der Waals surface area contributed by atoms with Gasteiger partial charge >= 0.3 is 6.03 Å². The van der Waals surface area contributed by atoms with Crippen molar-refractivity contribution in [2.24, 2.45) is 5.73 Å². The summed E-state index contributed by atoms with van der Waals surface area (Å²) in [6.07, 6.45) is 0.967. The van der Waals surface area contributed by atoms with Gasteiger partial charge in [-0.2, -0.15) is 0 Å². The van der Waals surface area contributed by atoms with Crippen LogP contribution in [0.1, 0.15) is 28.4 Å². The van der Waals surface area contributed by atoms with Crippen molar-refractivity contribution < 1.29 is 9.59 Å². The standard InChI is InChI=1S/C17H19N3O2/c1-2-12-5-9-15(10-6-12)20-16(21)14-7-3-13(4-8-14)11-19-17(18)22/h3-10H,2,11H2,1H3,(H,20,21)(H3,18,19,22). The third kappa shape index (κ3) is 4.34. The average Bonchev–Trinajstić information content (AvgIpc) is 2.54. The van der Waals surface area contributed by atoms with E-state index in [-0.39, 0.29) is 5.91 Å². The van der Waals surface area contributed by atoms with Crippen LogP contribution in [0.2, 0.25) is 0 Å². The van der Waals surface area contributed by atoms with E-state index < -0.39 is 6.03 Å². The van der Waals surface area contributed by atoms with E-state index >= 15 is 0 Å². The molecule has 2 rings (SSSR count). The minimum Gasteiger partial charge on any atom is -0.352 e. The molecule has 0 atom stereocenters. The zero-order chi connectivity index (χ0) is 15.9.